The molecule has 8 nitrogen and oxygen atoms in total. The number of nitro benzene ring substituents is 1. The number of aliphatic imine (C=N–C) groups is 1. The van der Waals surface area contributed by atoms with E-state index in [0.29, 0.717) is 29.0 Å². The first-order chi connectivity index (χ1) is 17.8. The van der Waals surface area contributed by atoms with Gasteiger partial charge in [0.05, 0.1) is 4.92 Å². The van der Waals surface area contributed by atoms with Crippen molar-refractivity contribution in [1.29, 1.82) is 0 Å². The third-order valence-electron chi connectivity index (χ3n) is 7.79. The third kappa shape index (κ3) is 4.92. The second-order valence-electron chi connectivity index (χ2n) is 10.2. The Bertz CT molecular complexity index is 1290. The van der Waals surface area contributed by atoms with Crippen molar-refractivity contribution in [3.8, 4) is 5.75 Å². The molecule has 0 saturated heterocycles. The highest BCUT2D eigenvalue weighted by Crippen LogP contribution is 2.48. The quantitative estimate of drug-likeness (QED) is 0.318. The summed E-state index contributed by atoms with van der Waals surface area (Å²) in [7, 11) is 0. The lowest BCUT2D eigenvalue weighted by Gasteiger charge is -2.37. The predicted octanol–water partition coefficient (Wildman–Crippen LogP) is 5.12. The minimum Gasteiger partial charge on any atom is -0.868 e. The van der Waals surface area contributed by atoms with Crippen molar-refractivity contribution >= 4 is 23.2 Å². The molecule has 3 aliphatic rings. The van der Waals surface area contributed by atoms with Crippen LogP contribution in [0, 0.1) is 16.0 Å². The molecule has 1 fully saturated rings. The third-order valence-corrected chi connectivity index (χ3v) is 7.79. The van der Waals surface area contributed by atoms with Gasteiger partial charge in [-0.25, -0.2) is 0 Å². The van der Waals surface area contributed by atoms with Crippen molar-refractivity contribution in [2.24, 2.45) is 10.9 Å². The van der Waals surface area contributed by atoms with Crippen molar-refractivity contribution in [3.05, 3.63) is 81.0 Å². The van der Waals surface area contributed by atoms with Crippen LogP contribution in [0.15, 0.2) is 64.8 Å². The molecule has 2 aromatic rings. The fraction of sp³-hybridized carbons (Fsp3) is 0.414. The molecule has 1 saturated carbocycles. The first-order valence-corrected chi connectivity index (χ1v) is 12.9. The van der Waals surface area contributed by atoms with Crippen molar-refractivity contribution in [2.45, 2.75) is 69.8 Å². The predicted molar refractivity (Wildman–Crippen MR) is 135 cm³/mol. The molecule has 2 aromatic carbocycles. The van der Waals surface area contributed by atoms with Gasteiger partial charge in [0.2, 0.25) is 0 Å². The van der Waals surface area contributed by atoms with Crippen LogP contribution in [-0.4, -0.2) is 28.5 Å². The largest absolute Gasteiger partial charge is 0.868 e. The fourth-order valence-electron chi connectivity index (χ4n) is 5.98. The maximum absolute atomic E-state index is 13.7. The molecule has 1 aliphatic heterocycles. The Morgan fingerprint density at radius 1 is 1.03 bits per heavy atom. The van der Waals surface area contributed by atoms with Crippen LogP contribution in [-0.2, 0) is 14.3 Å². The van der Waals surface area contributed by atoms with E-state index in [0.717, 1.165) is 43.7 Å². The number of hydrogen-bond donors (Lipinski definition) is 0. The van der Waals surface area contributed by atoms with Gasteiger partial charge in [0.1, 0.15) is 12.0 Å². The van der Waals surface area contributed by atoms with Gasteiger partial charge >= 0.3 is 5.97 Å². The number of ether oxygens (including phenoxy) is 1. The lowest BCUT2D eigenvalue weighted by Crippen LogP contribution is -2.39. The highest BCUT2D eigenvalue weighted by atomic mass is 16.6. The second-order valence-corrected chi connectivity index (χ2v) is 10.2. The molecular formula is C29H29N2O6-. The minimum absolute atomic E-state index is 0.0475. The Balaban J connectivity index is 1.57. The molecule has 0 aromatic heterocycles. The molecule has 37 heavy (non-hydrogen) atoms. The van der Waals surface area contributed by atoms with Gasteiger partial charge < -0.3 is 9.84 Å². The van der Waals surface area contributed by atoms with Gasteiger partial charge in [0.25, 0.3) is 5.69 Å². The molecule has 0 N–H and O–H groups in total. The molecule has 1 unspecified atom stereocenters. The number of carbonyl (C=O) groups is 2. The zero-order chi connectivity index (χ0) is 26.1. The maximum Gasteiger partial charge on any atom is 0.315 e. The summed E-state index contributed by atoms with van der Waals surface area (Å²) in [5.41, 5.74) is 2.35. The molecule has 0 spiro atoms. The van der Waals surface area contributed by atoms with E-state index in [1.165, 1.54) is 12.1 Å². The van der Waals surface area contributed by atoms with Gasteiger partial charge in [0.15, 0.2) is 5.78 Å². The van der Waals surface area contributed by atoms with Crippen LogP contribution in [0.3, 0.4) is 0 Å². The van der Waals surface area contributed by atoms with Crippen LogP contribution in [0.25, 0.3) is 0 Å². The topological polar surface area (TPSA) is 122 Å². The van der Waals surface area contributed by atoms with Crippen LogP contribution >= 0.6 is 0 Å². The molecule has 8 heteroatoms. The van der Waals surface area contributed by atoms with Crippen molar-refractivity contribution in [3.63, 3.8) is 0 Å². The molecule has 0 bridgehead atoms. The van der Waals surface area contributed by atoms with Crippen LogP contribution in [0.5, 0.6) is 5.75 Å². The molecule has 0 amide bonds. The number of esters is 1. The van der Waals surface area contributed by atoms with Gasteiger partial charge in [-0.05, 0) is 61.8 Å². The van der Waals surface area contributed by atoms with Crippen LogP contribution in [0.4, 0.5) is 5.69 Å². The Hall–Kier alpha value is -3.81. The van der Waals surface area contributed by atoms with Gasteiger partial charge in [-0.1, -0.05) is 48.9 Å². The Morgan fingerprint density at radius 2 is 1.76 bits per heavy atom. The Morgan fingerprint density at radius 3 is 2.46 bits per heavy atom. The molecule has 0 radical (unpaired) electrons. The van der Waals surface area contributed by atoms with Crippen molar-refractivity contribution in [1.82, 2.24) is 0 Å². The number of rotatable bonds is 5. The number of carbonyl (C=O) groups excluding carboxylic acids is 2. The van der Waals surface area contributed by atoms with E-state index >= 15 is 0 Å². The monoisotopic (exact) mass is 501 g/mol. The first kappa shape index (κ1) is 24.9. The Kier molecular flexibility index (Phi) is 6.91. The van der Waals surface area contributed by atoms with E-state index in [2.05, 4.69) is 0 Å². The minimum atomic E-state index is -0.894. The summed E-state index contributed by atoms with van der Waals surface area (Å²) in [6.07, 6.45) is 5.26. The lowest BCUT2D eigenvalue weighted by atomic mass is 9.69. The second kappa shape index (κ2) is 10.3. The van der Waals surface area contributed by atoms with Crippen molar-refractivity contribution < 1.29 is 24.4 Å². The molecular weight excluding hydrogens is 472 g/mol. The van der Waals surface area contributed by atoms with E-state index in [1.807, 2.05) is 30.3 Å². The SMILES string of the molecule is CC1=NC2=C(C(=O)C[C@@H](c3ccccc3)C2)[C@@H](c2ccc([O-])c([N+](=O)[O-])c2)C1C(=O)OC1CCCCC1. The highest BCUT2D eigenvalue weighted by molar-refractivity contribution is 6.09. The normalized spacial score (nSPS) is 24.3. The summed E-state index contributed by atoms with van der Waals surface area (Å²) < 4.78 is 5.91. The molecule has 1 heterocycles. The van der Waals surface area contributed by atoms with Gasteiger partial charge in [0, 0.05) is 35.4 Å². The summed E-state index contributed by atoms with van der Waals surface area (Å²) in [5.74, 6) is -3.07. The van der Waals surface area contributed by atoms with Crippen LogP contribution in [0.1, 0.15) is 74.8 Å². The lowest BCUT2D eigenvalue weighted by molar-refractivity contribution is -0.398. The fourth-order valence-corrected chi connectivity index (χ4v) is 5.98. The van der Waals surface area contributed by atoms with Crippen LogP contribution in [0.2, 0.25) is 0 Å². The van der Waals surface area contributed by atoms with Gasteiger partial charge in [-0.2, -0.15) is 0 Å². The molecule has 3 atom stereocenters. The van der Waals surface area contributed by atoms with E-state index in [-0.39, 0.29) is 24.2 Å². The van der Waals surface area contributed by atoms with Gasteiger partial charge in [-0.15, -0.1) is 0 Å². The summed E-state index contributed by atoms with van der Waals surface area (Å²) in [5, 5.41) is 23.7. The summed E-state index contributed by atoms with van der Waals surface area (Å²) >= 11 is 0. The molecule has 192 valence electrons. The van der Waals surface area contributed by atoms with E-state index in [9.17, 15) is 24.8 Å². The zero-order valence-corrected chi connectivity index (χ0v) is 20.7. The van der Waals surface area contributed by atoms with Crippen LogP contribution < -0.4 is 5.11 Å². The number of hydrogen-bond acceptors (Lipinski definition) is 7. The average Bonchev–Trinajstić information content (AvgIpc) is 2.89. The maximum atomic E-state index is 13.7. The number of allylic oxidation sites excluding steroid dienone is 2. The smallest absolute Gasteiger partial charge is 0.315 e. The number of nitro groups is 1. The number of nitrogens with zero attached hydrogens (tertiary/aromatic N) is 2. The Labute approximate surface area is 215 Å². The molecule has 5 rings (SSSR count). The number of benzene rings is 2. The summed E-state index contributed by atoms with van der Waals surface area (Å²) in [6.45, 7) is 1.75. The number of ketones is 1. The molecule has 2 aliphatic carbocycles. The zero-order valence-electron chi connectivity index (χ0n) is 20.7. The van der Waals surface area contributed by atoms with Crippen molar-refractivity contribution in [2.75, 3.05) is 0 Å². The summed E-state index contributed by atoms with van der Waals surface area (Å²) in [6, 6.07) is 13.6. The van der Waals surface area contributed by atoms with E-state index in [4.69, 9.17) is 9.73 Å². The van der Waals surface area contributed by atoms with E-state index < -0.39 is 34.2 Å². The first-order valence-electron chi connectivity index (χ1n) is 12.9. The van der Waals surface area contributed by atoms with Gasteiger partial charge in [-0.3, -0.25) is 24.7 Å². The summed E-state index contributed by atoms with van der Waals surface area (Å²) in [4.78, 5) is 42.8. The average molecular weight is 502 g/mol. The van der Waals surface area contributed by atoms with E-state index in [1.54, 1.807) is 6.92 Å². The highest BCUT2D eigenvalue weighted by Gasteiger charge is 2.45. The number of Topliss-reactive ketones (excluding diaryl/α,β-unsaturated/α-hetero) is 1. The standard InChI is InChI=1S/C29H30N2O6/c1-17-26(29(34)37-21-10-6-3-7-11-21)27(19-12-13-24(32)23(15-19)31(35)36)28-22(30-17)14-20(16-25(28)33)18-8-4-2-5-9-18/h2,4-5,8-9,12-13,15,20-21,26-27,32H,3,6-7,10-11,14,16H2,1H3/p-1/t20-,26?,27-/m0/s1.